The molecule has 0 aromatic rings. The number of ketones is 1. The highest BCUT2D eigenvalue weighted by Gasteiger charge is 2.10. The van der Waals surface area contributed by atoms with E-state index in [-0.39, 0.29) is 11.7 Å². The lowest BCUT2D eigenvalue weighted by molar-refractivity contribution is -0.118. The van der Waals surface area contributed by atoms with Crippen molar-refractivity contribution in [2.24, 2.45) is 0 Å². The maximum absolute atomic E-state index is 12.5. The predicted octanol–water partition coefficient (Wildman–Crippen LogP) is 4.39. The molecule has 0 saturated carbocycles. The maximum Gasteiger partial charge on any atom is 0.216 e. The van der Waals surface area contributed by atoms with Crippen LogP contribution in [0.2, 0.25) is 0 Å². The van der Waals surface area contributed by atoms with Gasteiger partial charge in [0.25, 0.3) is 0 Å². The van der Waals surface area contributed by atoms with E-state index in [1.54, 1.807) is 30.4 Å². The van der Waals surface area contributed by atoms with Crippen molar-refractivity contribution in [2.45, 2.75) is 27.2 Å². The quantitative estimate of drug-likeness (QED) is 0.478. The molecule has 24 heavy (non-hydrogen) atoms. The molecule has 0 fully saturated rings. The average molecular weight is 325 g/mol. The highest BCUT2D eigenvalue weighted by Crippen LogP contribution is 2.16. The third kappa shape index (κ3) is 8.69. The molecule has 1 N–H and O–H groups in total. The molecular formula is C21H27NO2. The number of rotatable bonds is 10. The molecule has 0 aromatic heterocycles. The van der Waals surface area contributed by atoms with E-state index in [2.05, 4.69) is 18.5 Å². The third-order valence-electron chi connectivity index (χ3n) is 3.13. The molecule has 0 spiro atoms. The number of carbonyl (C=O) groups is 2. The Bertz CT molecular complexity index is 614. The van der Waals surface area contributed by atoms with Crippen LogP contribution in [0.25, 0.3) is 0 Å². The molecule has 0 aliphatic heterocycles. The predicted molar refractivity (Wildman–Crippen MR) is 103 cm³/mol. The zero-order valence-electron chi connectivity index (χ0n) is 14.8. The Kier molecular flexibility index (Phi) is 11.4. The largest absolute Gasteiger partial charge is 0.356 e. The van der Waals surface area contributed by atoms with Gasteiger partial charge in [0.2, 0.25) is 5.91 Å². The molecule has 0 heterocycles. The van der Waals surface area contributed by atoms with E-state index in [1.165, 1.54) is 13.0 Å². The summed E-state index contributed by atoms with van der Waals surface area (Å²) in [6.45, 7) is 13.1. The van der Waals surface area contributed by atoms with Gasteiger partial charge in [-0.05, 0) is 37.5 Å². The fraction of sp³-hybridized carbons (Fsp3) is 0.238. The van der Waals surface area contributed by atoms with Gasteiger partial charge in [-0.2, -0.15) is 0 Å². The summed E-state index contributed by atoms with van der Waals surface area (Å²) in [7, 11) is 0. The molecule has 3 nitrogen and oxygen atoms in total. The minimum absolute atomic E-state index is 0.0917. The zero-order chi connectivity index (χ0) is 18.4. The SMILES string of the molecule is C=C/C=C(CCNC(C)=O)\C(=C/C)C(=O)/C=C/C(C=C)=C/C=C\C. The van der Waals surface area contributed by atoms with Crippen molar-refractivity contribution < 1.29 is 9.59 Å². The number of hydrogen-bond acceptors (Lipinski definition) is 2. The first-order valence-electron chi connectivity index (χ1n) is 7.90. The molecule has 0 radical (unpaired) electrons. The van der Waals surface area contributed by atoms with E-state index in [9.17, 15) is 9.59 Å². The fourth-order valence-corrected chi connectivity index (χ4v) is 1.97. The fourth-order valence-electron chi connectivity index (χ4n) is 1.97. The molecule has 0 rings (SSSR count). The molecule has 0 saturated heterocycles. The lowest BCUT2D eigenvalue weighted by Crippen LogP contribution is -2.21. The second-order valence-electron chi connectivity index (χ2n) is 4.96. The first-order chi connectivity index (χ1) is 11.5. The second-order valence-corrected chi connectivity index (χ2v) is 4.96. The van der Waals surface area contributed by atoms with Crippen molar-refractivity contribution in [1.82, 2.24) is 5.32 Å². The van der Waals surface area contributed by atoms with Gasteiger partial charge in [0.15, 0.2) is 5.78 Å². The van der Waals surface area contributed by atoms with Crippen LogP contribution in [0.5, 0.6) is 0 Å². The number of amides is 1. The average Bonchev–Trinajstić information content (AvgIpc) is 2.55. The summed E-state index contributed by atoms with van der Waals surface area (Å²) in [6, 6.07) is 0. The van der Waals surface area contributed by atoms with Crippen LogP contribution in [0.15, 0.2) is 84.6 Å². The van der Waals surface area contributed by atoms with E-state index in [0.29, 0.717) is 18.5 Å². The molecular weight excluding hydrogens is 298 g/mol. The Labute approximate surface area is 145 Å². The van der Waals surface area contributed by atoms with Gasteiger partial charge in [-0.15, -0.1) is 0 Å². The van der Waals surface area contributed by atoms with Crippen LogP contribution in [0, 0.1) is 0 Å². The lowest BCUT2D eigenvalue weighted by atomic mass is 9.97. The number of allylic oxidation sites excluding steroid dienone is 11. The van der Waals surface area contributed by atoms with Crippen molar-refractivity contribution in [2.75, 3.05) is 6.54 Å². The van der Waals surface area contributed by atoms with E-state index >= 15 is 0 Å². The number of hydrogen-bond donors (Lipinski definition) is 1. The Hall–Kier alpha value is -2.68. The molecule has 0 atom stereocenters. The summed E-state index contributed by atoms with van der Waals surface area (Å²) in [4.78, 5) is 23.5. The first-order valence-corrected chi connectivity index (χ1v) is 7.90. The number of nitrogens with one attached hydrogen (secondary N) is 1. The van der Waals surface area contributed by atoms with Gasteiger partial charge in [-0.3, -0.25) is 9.59 Å². The molecule has 0 aromatic carbocycles. The summed E-state index contributed by atoms with van der Waals surface area (Å²) in [5.74, 6) is -0.187. The van der Waals surface area contributed by atoms with E-state index in [1.807, 2.05) is 32.1 Å². The van der Waals surface area contributed by atoms with Gasteiger partial charge in [0, 0.05) is 19.0 Å². The Morgan fingerprint density at radius 2 is 1.79 bits per heavy atom. The molecule has 0 aliphatic rings. The standard InChI is InChI=1S/C21H27NO2/c1-6-10-12-18(8-3)13-14-21(24)20(9-4)19(11-7-2)15-16-22-17(5)23/h6-14H,2-3,15-16H2,1,4-5H3,(H,22,23)/b10-6-,14-13+,18-12+,19-11-,20-9+. The highest BCUT2D eigenvalue weighted by molar-refractivity contribution is 6.07. The van der Waals surface area contributed by atoms with Gasteiger partial charge in [-0.1, -0.05) is 61.8 Å². The number of carbonyl (C=O) groups excluding carboxylic acids is 2. The van der Waals surface area contributed by atoms with Crippen molar-refractivity contribution >= 4 is 11.7 Å². The molecule has 128 valence electrons. The van der Waals surface area contributed by atoms with Crippen LogP contribution in [-0.2, 0) is 9.59 Å². The summed E-state index contributed by atoms with van der Waals surface area (Å²) in [5, 5.41) is 2.73. The monoisotopic (exact) mass is 325 g/mol. The minimum atomic E-state index is -0.0957. The van der Waals surface area contributed by atoms with Gasteiger partial charge >= 0.3 is 0 Å². The molecule has 3 heteroatoms. The Morgan fingerprint density at radius 1 is 1.08 bits per heavy atom. The van der Waals surface area contributed by atoms with Crippen molar-refractivity contribution in [1.29, 1.82) is 0 Å². The van der Waals surface area contributed by atoms with E-state index in [0.717, 1.165) is 11.1 Å². The molecule has 1 amide bonds. The van der Waals surface area contributed by atoms with Crippen LogP contribution >= 0.6 is 0 Å². The van der Waals surface area contributed by atoms with Crippen LogP contribution in [-0.4, -0.2) is 18.2 Å². The Balaban J connectivity index is 5.23. The third-order valence-corrected chi connectivity index (χ3v) is 3.13. The van der Waals surface area contributed by atoms with Crippen molar-refractivity contribution in [3.63, 3.8) is 0 Å². The summed E-state index contributed by atoms with van der Waals surface area (Å²) < 4.78 is 0. The summed E-state index contributed by atoms with van der Waals surface area (Å²) >= 11 is 0. The van der Waals surface area contributed by atoms with E-state index < -0.39 is 0 Å². The summed E-state index contributed by atoms with van der Waals surface area (Å²) in [5.41, 5.74) is 2.30. The summed E-state index contributed by atoms with van der Waals surface area (Å²) in [6.07, 6.45) is 16.4. The van der Waals surface area contributed by atoms with Gasteiger partial charge in [-0.25, -0.2) is 0 Å². The molecule has 0 aliphatic carbocycles. The highest BCUT2D eigenvalue weighted by atomic mass is 16.1. The van der Waals surface area contributed by atoms with Crippen LogP contribution in [0.3, 0.4) is 0 Å². The minimum Gasteiger partial charge on any atom is -0.356 e. The van der Waals surface area contributed by atoms with Gasteiger partial charge < -0.3 is 5.32 Å². The van der Waals surface area contributed by atoms with Gasteiger partial charge in [0.1, 0.15) is 0 Å². The Morgan fingerprint density at radius 3 is 2.29 bits per heavy atom. The van der Waals surface area contributed by atoms with Crippen molar-refractivity contribution in [3.05, 3.63) is 84.6 Å². The first kappa shape index (κ1) is 21.3. The maximum atomic E-state index is 12.5. The van der Waals surface area contributed by atoms with Crippen LogP contribution in [0.1, 0.15) is 27.2 Å². The normalized spacial score (nSPS) is 13.4. The van der Waals surface area contributed by atoms with Gasteiger partial charge in [0.05, 0.1) is 0 Å². The van der Waals surface area contributed by atoms with Crippen molar-refractivity contribution in [3.8, 4) is 0 Å². The smallest absolute Gasteiger partial charge is 0.216 e. The van der Waals surface area contributed by atoms with Crippen LogP contribution in [0.4, 0.5) is 0 Å². The molecule has 0 unspecified atom stereocenters. The molecule has 0 bridgehead atoms. The zero-order valence-corrected chi connectivity index (χ0v) is 14.8. The van der Waals surface area contributed by atoms with E-state index in [4.69, 9.17) is 0 Å². The lowest BCUT2D eigenvalue weighted by Gasteiger charge is -2.09. The topological polar surface area (TPSA) is 46.2 Å². The second kappa shape index (κ2) is 12.8. The van der Waals surface area contributed by atoms with Crippen LogP contribution < -0.4 is 5.32 Å².